The van der Waals surface area contributed by atoms with E-state index in [0.29, 0.717) is 5.56 Å². The molecule has 0 aliphatic carbocycles. The molecule has 0 aromatic heterocycles. The number of likely N-dealkylation sites (N-methyl/N-ethyl adjacent to an activating group) is 1. The minimum absolute atomic E-state index is 0.0273. The summed E-state index contributed by atoms with van der Waals surface area (Å²) in [5.41, 5.74) is 0.545. The van der Waals surface area contributed by atoms with Crippen molar-refractivity contribution in [3.05, 3.63) is 35.9 Å². The third kappa shape index (κ3) is 4.55. The van der Waals surface area contributed by atoms with Gasteiger partial charge >= 0.3 is 0 Å². The van der Waals surface area contributed by atoms with Crippen molar-refractivity contribution in [1.29, 1.82) is 0 Å². The lowest BCUT2D eigenvalue weighted by Crippen LogP contribution is -2.40. The monoisotopic (exact) mass is 250 g/mol. The van der Waals surface area contributed by atoms with Crippen LogP contribution in [0.1, 0.15) is 17.3 Å². The normalized spacial score (nSPS) is 11.7. The first-order valence-corrected chi connectivity index (χ1v) is 5.76. The Labute approximate surface area is 106 Å². The number of amides is 2. The van der Waals surface area contributed by atoms with E-state index in [9.17, 15) is 9.59 Å². The molecule has 1 atom stereocenters. The lowest BCUT2D eigenvalue weighted by Gasteiger charge is -2.17. The van der Waals surface area contributed by atoms with Gasteiger partial charge in [0, 0.05) is 19.2 Å². The van der Waals surface area contributed by atoms with Crippen LogP contribution in [0.2, 0.25) is 0 Å². The molecule has 0 spiro atoms. The molecule has 0 radical (unpaired) electrons. The summed E-state index contributed by atoms with van der Waals surface area (Å²) in [6.45, 7) is 1.74. The van der Waals surface area contributed by atoms with Crippen molar-refractivity contribution in [1.82, 2.24) is 10.2 Å². The van der Waals surface area contributed by atoms with E-state index in [-0.39, 0.29) is 24.9 Å². The molecule has 0 bridgehead atoms. The van der Waals surface area contributed by atoms with E-state index in [2.05, 4.69) is 5.32 Å². The van der Waals surface area contributed by atoms with Gasteiger partial charge in [-0.05, 0) is 19.1 Å². The van der Waals surface area contributed by atoms with Gasteiger partial charge in [0.2, 0.25) is 5.91 Å². The molecular formula is C13H18N2O3. The minimum atomic E-state index is -0.593. The number of nitrogens with zero attached hydrogens (tertiary/aromatic N) is 1. The molecule has 1 unspecified atom stereocenters. The maximum atomic E-state index is 11.9. The highest BCUT2D eigenvalue weighted by Gasteiger charge is 2.14. The van der Waals surface area contributed by atoms with Gasteiger partial charge in [-0.2, -0.15) is 0 Å². The van der Waals surface area contributed by atoms with Gasteiger partial charge in [-0.1, -0.05) is 18.2 Å². The van der Waals surface area contributed by atoms with Crippen molar-refractivity contribution in [2.45, 2.75) is 13.0 Å². The maximum absolute atomic E-state index is 11.9. The number of aliphatic hydroxyl groups is 1. The summed E-state index contributed by atoms with van der Waals surface area (Å²) < 4.78 is 0. The first-order chi connectivity index (χ1) is 8.50. The zero-order chi connectivity index (χ0) is 13.5. The molecule has 1 aromatic carbocycles. The number of aliphatic hydroxyl groups excluding tert-OH is 1. The number of carbonyl (C=O) groups is 2. The first-order valence-electron chi connectivity index (χ1n) is 5.76. The Bertz CT molecular complexity index is 404. The van der Waals surface area contributed by atoms with E-state index in [1.165, 1.54) is 4.90 Å². The van der Waals surface area contributed by atoms with Crippen LogP contribution >= 0.6 is 0 Å². The predicted octanol–water partition coefficient (Wildman–Crippen LogP) is 0.256. The molecule has 0 aliphatic heterocycles. The van der Waals surface area contributed by atoms with Crippen molar-refractivity contribution in [3.63, 3.8) is 0 Å². The van der Waals surface area contributed by atoms with Crippen LogP contribution in [0, 0.1) is 0 Å². The van der Waals surface area contributed by atoms with E-state index >= 15 is 0 Å². The van der Waals surface area contributed by atoms with Gasteiger partial charge in [0.05, 0.1) is 12.6 Å². The number of nitrogens with one attached hydrogen (secondary N) is 1. The molecule has 5 nitrogen and oxygen atoms in total. The fraction of sp³-hybridized carbons (Fsp3) is 0.385. The highest BCUT2D eigenvalue weighted by molar-refractivity contribution is 5.96. The summed E-state index contributed by atoms with van der Waals surface area (Å²) in [6, 6.07) is 8.77. The lowest BCUT2D eigenvalue weighted by atomic mass is 10.2. The van der Waals surface area contributed by atoms with Gasteiger partial charge in [0.1, 0.15) is 0 Å². The van der Waals surface area contributed by atoms with Crippen LogP contribution in [-0.4, -0.2) is 48.1 Å². The Morgan fingerprint density at radius 3 is 2.50 bits per heavy atom. The summed E-state index contributed by atoms with van der Waals surface area (Å²) in [6.07, 6.45) is -0.593. The van der Waals surface area contributed by atoms with Gasteiger partial charge < -0.3 is 15.3 Å². The maximum Gasteiger partial charge on any atom is 0.254 e. The Morgan fingerprint density at radius 2 is 1.94 bits per heavy atom. The number of carbonyl (C=O) groups excluding carboxylic acids is 2. The van der Waals surface area contributed by atoms with E-state index in [4.69, 9.17) is 5.11 Å². The summed E-state index contributed by atoms with van der Waals surface area (Å²) in [4.78, 5) is 24.7. The quantitative estimate of drug-likeness (QED) is 0.787. The highest BCUT2D eigenvalue weighted by atomic mass is 16.3. The second kappa shape index (κ2) is 6.76. The van der Waals surface area contributed by atoms with Crippen LogP contribution in [0.15, 0.2) is 30.3 Å². The summed E-state index contributed by atoms with van der Waals surface area (Å²) in [5.74, 6) is -0.495. The summed E-state index contributed by atoms with van der Waals surface area (Å²) in [7, 11) is 1.57. The molecule has 0 fully saturated rings. The van der Waals surface area contributed by atoms with Gasteiger partial charge in [-0.3, -0.25) is 9.59 Å². The van der Waals surface area contributed by atoms with E-state index in [1.54, 1.807) is 38.2 Å². The van der Waals surface area contributed by atoms with Crippen LogP contribution in [-0.2, 0) is 4.79 Å². The van der Waals surface area contributed by atoms with E-state index < -0.39 is 6.10 Å². The Balaban J connectivity index is 2.48. The predicted molar refractivity (Wildman–Crippen MR) is 68.1 cm³/mol. The van der Waals surface area contributed by atoms with Crippen LogP contribution in [0.4, 0.5) is 0 Å². The second-order valence-corrected chi connectivity index (χ2v) is 4.18. The average molecular weight is 250 g/mol. The zero-order valence-corrected chi connectivity index (χ0v) is 10.6. The molecule has 0 saturated carbocycles. The Hall–Kier alpha value is -1.88. The molecule has 1 aromatic rings. The third-order valence-electron chi connectivity index (χ3n) is 2.34. The fourth-order valence-corrected chi connectivity index (χ4v) is 1.41. The Kier molecular flexibility index (Phi) is 5.32. The van der Waals surface area contributed by atoms with Gasteiger partial charge in [-0.15, -0.1) is 0 Å². The third-order valence-corrected chi connectivity index (χ3v) is 2.34. The second-order valence-electron chi connectivity index (χ2n) is 4.18. The topological polar surface area (TPSA) is 69.6 Å². The molecule has 18 heavy (non-hydrogen) atoms. The SMILES string of the molecule is CC(O)CNC(=O)CN(C)C(=O)c1ccccc1. The van der Waals surface area contributed by atoms with E-state index in [1.807, 2.05) is 6.07 Å². The molecule has 2 N–H and O–H groups in total. The summed E-state index contributed by atoms with van der Waals surface area (Å²) in [5, 5.41) is 11.6. The van der Waals surface area contributed by atoms with Gasteiger partial charge in [0.25, 0.3) is 5.91 Å². The lowest BCUT2D eigenvalue weighted by molar-refractivity contribution is -0.122. The summed E-state index contributed by atoms with van der Waals surface area (Å²) >= 11 is 0. The molecule has 5 heteroatoms. The molecule has 1 rings (SSSR count). The van der Waals surface area contributed by atoms with Crippen LogP contribution < -0.4 is 5.32 Å². The van der Waals surface area contributed by atoms with Gasteiger partial charge in [0.15, 0.2) is 0 Å². The van der Waals surface area contributed by atoms with Crippen LogP contribution in [0.5, 0.6) is 0 Å². The fourth-order valence-electron chi connectivity index (χ4n) is 1.41. The zero-order valence-electron chi connectivity index (χ0n) is 10.6. The molecule has 0 aliphatic rings. The molecule has 0 saturated heterocycles. The van der Waals surface area contributed by atoms with Crippen LogP contribution in [0.25, 0.3) is 0 Å². The van der Waals surface area contributed by atoms with Crippen molar-refractivity contribution >= 4 is 11.8 Å². The minimum Gasteiger partial charge on any atom is -0.392 e. The molecule has 98 valence electrons. The van der Waals surface area contributed by atoms with Crippen molar-refractivity contribution in [2.24, 2.45) is 0 Å². The van der Waals surface area contributed by atoms with E-state index in [0.717, 1.165) is 0 Å². The molecule has 2 amide bonds. The number of hydrogen-bond acceptors (Lipinski definition) is 3. The largest absolute Gasteiger partial charge is 0.392 e. The molecular weight excluding hydrogens is 232 g/mol. The number of rotatable bonds is 5. The van der Waals surface area contributed by atoms with Crippen molar-refractivity contribution < 1.29 is 14.7 Å². The van der Waals surface area contributed by atoms with Crippen molar-refractivity contribution in [3.8, 4) is 0 Å². The standard InChI is InChI=1S/C13H18N2O3/c1-10(16)8-14-12(17)9-15(2)13(18)11-6-4-3-5-7-11/h3-7,10,16H,8-9H2,1-2H3,(H,14,17). The Morgan fingerprint density at radius 1 is 1.33 bits per heavy atom. The highest BCUT2D eigenvalue weighted by Crippen LogP contribution is 2.02. The number of hydrogen-bond donors (Lipinski definition) is 2. The number of benzene rings is 1. The van der Waals surface area contributed by atoms with Crippen molar-refractivity contribution in [2.75, 3.05) is 20.1 Å². The smallest absolute Gasteiger partial charge is 0.254 e. The average Bonchev–Trinajstić information content (AvgIpc) is 2.36. The van der Waals surface area contributed by atoms with Gasteiger partial charge in [-0.25, -0.2) is 0 Å². The first kappa shape index (κ1) is 14.2. The molecule has 0 heterocycles. The van der Waals surface area contributed by atoms with Crippen LogP contribution in [0.3, 0.4) is 0 Å².